The van der Waals surface area contributed by atoms with E-state index in [9.17, 15) is 15.0 Å². The van der Waals surface area contributed by atoms with Crippen LogP contribution in [0.5, 0.6) is 0 Å². The summed E-state index contributed by atoms with van der Waals surface area (Å²) >= 11 is 0. The number of aliphatic hydroxyl groups excluding tert-OH is 2. The Hall–Kier alpha value is -0.870. The lowest BCUT2D eigenvalue weighted by molar-refractivity contribution is -0.123. The summed E-state index contributed by atoms with van der Waals surface area (Å²) in [4.78, 5) is 12.2. The van der Waals surface area contributed by atoms with Crippen LogP contribution < -0.4 is 5.32 Å². The minimum Gasteiger partial charge on any atom is -0.394 e. The zero-order valence-corrected chi connectivity index (χ0v) is 23.6. The third-order valence-corrected chi connectivity index (χ3v) is 7.02. The van der Waals surface area contributed by atoms with Gasteiger partial charge in [-0.15, -0.1) is 0 Å². The van der Waals surface area contributed by atoms with Gasteiger partial charge < -0.3 is 15.5 Å². The molecule has 1 amide bonds. The van der Waals surface area contributed by atoms with Crippen molar-refractivity contribution in [3.05, 3.63) is 12.2 Å². The lowest BCUT2D eigenvalue weighted by Crippen LogP contribution is -2.45. The van der Waals surface area contributed by atoms with Crippen molar-refractivity contribution in [1.82, 2.24) is 5.32 Å². The quantitative estimate of drug-likeness (QED) is 0.0791. The van der Waals surface area contributed by atoms with Crippen molar-refractivity contribution in [2.24, 2.45) is 0 Å². The molecule has 4 heteroatoms. The van der Waals surface area contributed by atoms with Crippen LogP contribution in [0.15, 0.2) is 12.2 Å². The Morgan fingerprint density at radius 3 is 1.49 bits per heavy atom. The first-order chi connectivity index (χ1) is 17.2. The molecule has 0 aliphatic carbocycles. The fourth-order valence-corrected chi connectivity index (χ4v) is 4.59. The van der Waals surface area contributed by atoms with Gasteiger partial charge in [0, 0.05) is 6.42 Å². The number of hydrogen-bond acceptors (Lipinski definition) is 3. The van der Waals surface area contributed by atoms with Gasteiger partial charge in [0.25, 0.3) is 0 Å². The number of unbranched alkanes of at least 4 members (excludes halogenated alkanes) is 20. The summed E-state index contributed by atoms with van der Waals surface area (Å²) in [6.45, 7) is 4.22. The average molecular weight is 496 g/mol. The van der Waals surface area contributed by atoms with Crippen molar-refractivity contribution in [2.45, 2.75) is 174 Å². The topological polar surface area (TPSA) is 69.6 Å². The van der Waals surface area contributed by atoms with Crippen molar-refractivity contribution in [1.29, 1.82) is 0 Å². The molecule has 0 saturated carbocycles. The third kappa shape index (κ3) is 24.6. The van der Waals surface area contributed by atoms with Crippen molar-refractivity contribution < 1.29 is 15.0 Å². The molecule has 0 rings (SSSR count). The number of carbonyl (C=O) groups excluding carboxylic acids is 1. The molecular formula is C31H61NO3. The van der Waals surface area contributed by atoms with E-state index < -0.39 is 12.1 Å². The maximum Gasteiger partial charge on any atom is 0.220 e. The van der Waals surface area contributed by atoms with Gasteiger partial charge in [0.1, 0.15) is 0 Å². The van der Waals surface area contributed by atoms with Crippen LogP contribution in [0, 0.1) is 0 Å². The average Bonchev–Trinajstić information content (AvgIpc) is 2.86. The maximum atomic E-state index is 12.2. The number of aliphatic hydroxyl groups is 2. The second kappa shape index (κ2) is 27.7. The highest BCUT2D eigenvalue weighted by Gasteiger charge is 2.17. The molecule has 0 aliphatic heterocycles. The summed E-state index contributed by atoms with van der Waals surface area (Å²) in [6, 6.07) is -0.611. The lowest BCUT2D eigenvalue weighted by Gasteiger charge is -2.20. The van der Waals surface area contributed by atoms with Gasteiger partial charge in [-0.25, -0.2) is 0 Å². The molecule has 0 spiro atoms. The molecule has 2 unspecified atom stereocenters. The normalized spacial score (nSPS) is 13.4. The molecular weight excluding hydrogens is 434 g/mol. The molecule has 0 heterocycles. The van der Waals surface area contributed by atoms with Crippen molar-refractivity contribution in [3.8, 4) is 0 Å². The maximum absolute atomic E-state index is 12.2. The summed E-state index contributed by atoms with van der Waals surface area (Å²) in [6.07, 6.45) is 31.6. The molecule has 0 aliphatic rings. The van der Waals surface area contributed by atoms with Gasteiger partial charge in [-0.1, -0.05) is 148 Å². The van der Waals surface area contributed by atoms with Crippen LogP contribution >= 0.6 is 0 Å². The summed E-state index contributed by atoms with van der Waals surface area (Å²) in [7, 11) is 0. The van der Waals surface area contributed by atoms with Crippen molar-refractivity contribution >= 4 is 5.91 Å². The SMILES string of the molecule is CCCCCC/C=C/C(O)C(CO)NC(=O)CCCCCCCCCCCCCCCCCCC. The van der Waals surface area contributed by atoms with Crippen molar-refractivity contribution in [2.75, 3.05) is 6.61 Å². The number of amides is 1. The summed E-state index contributed by atoms with van der Waals surface area (Å²) in [5.74, 6) is -0.0691. The Balaban J connectivity index is 3.53. The summed E-state index contributed by atoms with van der Waals surface area (Å²) < 4.78 is 0. The van der Waals surface area contributed by atoms with Crippen LogP contribution in [-0.4, -0.2) is 34.9 Å². The van der Waals surface area contributed by atoms with E-state index in [2.05, 4.69) is 19.2 Å². The van der Waals surface area contributed by atoms with Gasteiger partial charge >= 0.3 is 0 Å². The first-order valence-corrected chi connectivity index (χ1v) is 15.4. The molecule has 0 aromatic rings. The molecule has 4 nitrogen and oxygen atoms in total. The second-order valence-corrected chi connectivity index (χ2v) is 10.5. The summed E-state index contributed by atoms with van der Waals surface area (Å²) in [5.41, 5.74) is 0. The highest BCUT2D eigenvalue weighted by molar-refractivity contribution is 5.76. The van der Waals surface area contributed by atoms with Crippen LogP contribution in [0.1, 0.15) is 162 Å². The zero-order chi connectivity index (χ0) is 25.8. The zero-order valence-electron chi connectivity index (χ0n) is 23.6. The number of carbonyl (C=O) groups is 1. The Kier molecular flexibility index (Phi) is 27.0. The van der Waals surface area contributed by atoms with Crippen LogP contribution in [0.4, 0.5) is 0 Å². The molecule has 3 N–H and O–H groups in total. The molecule has 0 fully saturated rings. The van der Waals surface area contributed by atoms with Gasteiger partial charge in [0.15, 0.2) is 0 Å². The third-order valence-electron chi connectivity index (χ3n) is 7.02. The molecule has 0 aromatic carbocycles. The van der Waals surface area contributed by atoms with E-state index in [0.29, 0.717) is 6.42 Å². The molecule has 0 saturated heterocycles. The molecule has 0 bridgehead atoms. The van der Waals surface area contributed by atoms with Crippen LogP contribution in [0.2, 0.25) is 0 Å². The fourth-order valence-electron chi connectivity index (χ4n) is 4.59. The monoisotopic (exact) mass is 495 g/mol. The van der Waals surface area contributed by atoms with Gasteiger partial charge in [0.05, 0.1) is 18.8 Å². The standard InChI is InChI=1S/C31H61NO3/c1-3-5-7-9-11-12-13-14-15-16-17-18-19-20-21-23-25-27-31(35)32-29(28-33)30(34)26-24-22-10-8-6-4-2/h24,26,29-30,33-34H,3-23,25,27-28H2,1-2H3,(H,32,35)/b26-24+. The molecule has 208 valence electrons. The van der Waals surface area contributed by atoms with E-state index in [0.717, 1.165) is 25.7 Å². The first-order valence-electron chi connectivity index (χ1n) is 15.4. The highest BCUT2D eigenvalue weighted by atomic mass is 16.3. The van der Waals surface area contributed by atoms with E-state index in [-0.39, 0.29) is 12.5 Å². The first kappa shape index (κ1) is 34.1. The number of allylic oxidation sites excluding steroid dienone is 1. The van der Waals surface area contributed by atoms with E-state index in [1.165, 1.54) is 116 Å². The highest BCUT2D eigenvalue weighted by Crippen LogP contribution is 2.14. The van der Waals surface area contributed by atoms with E-state index in [4.69, 9.17) is 0 Å². The Morgan fingerprint density at radius 1 is 0.657 bits per heavy atom. The molecule has 0 aromatic heterocycles. The smallest absolute Gasteiger partial charge is 0.220 e. The van der Waals surface area contributed by atoms with Crippen LogP contribution in [-0.2, 0) is 4.79 Å². The fraction of sp³-hybridized carbons (Fsp3) is 0.903. The largest absolute Gasteiger partial charge is 0.394 e. The van der Waals surface area contributed by atoms with Crippen LogP contribution in [0.25, 0.3) is 0 Å². The van der Waals surface area contributed by atoms with Crippen molar-refractivity contribution in [3.63, 3.8) is 0 Å². The van der Waals surface area contributed by atoms with E-state index in [1.54, 1.807) is 6.08 Å². The number of nitrogens with one attached hydrogen (secondary N) is 1. The summed E-state index contributed by atoms with van der Waals surface area (Å²) in [5, 5.41) is 22.5. The predicted octanol–water partition coefficient (Wildman–Crippen LogP) is 8.39. The predicted molar refractivity (Wildman–Crippen MR) is 152 cm³/mol. The number of hydrogen-bond donors (Lipinski definition) is 3. The molecule has 0 radical (unpaired) electrons. The lowest BCUT2D eigenvalue weighted by atomic mass is 10.0. The minimum absolute atomic E-state index is 0.0691. The van der Waals surface area contributed by atoms with Crippen LogP contribution in [0.3, 0.4) is 0 Å². The Bertz CT molecular complexity index is 466. The number of rotatable bonds is 27. The Labute approximate surface area is 218 Å². The van der Waals surface area contributed by atoms with E-state index >= 15 is 0 Å². The van der Waals surface area contributed by atoms with Gasteiger partial charge in [-0.2, -0.15) is 0 Å². The van der Waals surface area contributed by atoms with Gasteiger partial charge in [0.2, 0.25) is 5.91 Å². The second-order valence-electron chi connectivity index (χ2n) is 10.5. The van der Waals surface area contributed by atoms with E-state index in [1.807, 2.05) is 6.08 Å². The minimum atomic E-state index is -0.828. The Morgan fingerprint density at radius 2 is 1.06 bits per heavy atom. The molecule has 35 heavy (non-hydrogen) atoms. The van der Waals surface area contributed by atoms with Gasteiger partial charge in [-0.3, -0.25) is 4.79 Å². The molecule has 2 atom stereocenters. The van der Waals surface area contributed by atoms with Gasteiger partial charge in [-0.05, 0) is 19.3 Å².